The molecular formula is C22H27N3O4. The largest absolute Gasteiger partial charge is 0.478 e. The number of carboxylic acid groups (broad SMARTS) is 1. The van der Waals surface area contributed by atoms with E-state index < -0.39 is 11.6 Å². The highest BCUT2D eigenvalue weighted by Crippen LogP contribution is 2.24. The van der Waals surface area contributed by atoms with Gasteiger partial charge in [0, 0.05) is 24.3 Å². The Labute approximate surface area is 170 Å². The molecule has 1 amide bonds. The van der Waals surface area contributed by atoms with Gasteiger partial charge in [-0.2, -0.15) is 0 Å². The van der Waals surface area contributed by atoms with E-state index in [-0.39, 0.29) is 17.7 Å². The Hall–Kier alpha value is -2.96. The van der Waals surface area contributed by atoms with Gasteiger partial charge in [-0.1, -0.05) is 12.1 Å². The molecule has 7 nitrogen and oxygen atoms in total. The van der Waals surface area contributed by atoms with Crippen LogP contribution in [0, 0.1) is 0 Å². The fourth-order valence-corrected chi connectivity index (χ4v) is 3.46. The number of carbonyl (C=O) groups excluding carboxylic acids is 1. The third-order valence-corrected chi connectivity index (χ3v) is 4.85. The third-order valence-electron chi connectivity index (χ3n) is 4.85. The van der Waals surface area contributed by atoms with Crippen molar-refractivity contribution in [1.82, 2.24) is 14.9 Å². The van der Waals surface area contributed by atoms with Crippen LogP contribution in [0.25, 0.3) is 11.3 Å². The molecule has 1 fully saturated rings. The number of hydrogen-bond acceptors (Lipinski definition) is 5. The number of aryl methyl sites for hydroxylation is 1. The predicted molar refractivity (Wildman–Crippen MR) is 109 cm³/mol. The molecule has 154 valence electrons. The van der Waals surface area contributed by atoms with Crippen molar-refractivity contribution in [3.8, 4) is 11.3 Å². The molecule has 29 heavy (non-hydrogen) atoms. The molecule has 1 aliphatic rings. The highest BCUT2D eigenvalue weighted by atomic mass is 16.6. The summed E-state index contributed by atoms with van der Waals surface area (Å²) in [6.07, 6.45) is 6.60. The van der Waals surface area contributed by atoms with Crippen molar-refractivity contribution in [3.05, 3.63) is 47.9 Å². The van der Waals surface area contributed by atoms with E-state index in [1.807, 2.05) is 31.7 Å². The Bertz CT molecular complexity index is 874. The number of benzene rings is 1. The highest BCUT2D eigenvalue weighted by Gasteiger charge is 2.31. The average Bonchev–Trinajstić information content (AvgIpc) is 3.14. The minimum atomic E-state index is -0.970. The molecule has 1 aromatic carbocycles. The minimum absolute atomic E-state index is 0.151. The SMILES string of the molecule is CC(C)(C)OC(=O)N1CCCC1CCc1cnc(-c2cccc(C(=O)O)c2)cn1. The monoisotopic (exact) mass is 397 g/mol. The Kier molecular flexibility index (Phi) is 6.15. The van der Waals surface area contributed by atoms with E-state index in [9.17, 15) is 9.59 Å². The number of carbonyl (C=O) groups is 2. The van der Waals surface area contributed by atoms with Gasteiger partial charge in [-0.3, -0.25) is 9.97 Å². The summed E-state index contributed by atoms with van der Waals surface area (Å²) in [5, 5.41) is 9.12. The van der Waals surface area contributed by atoms with Crippen LogP contribution in [0.15, 0.2) is 36.7 Å². The van der Waals surface area contributed by atoms with Crippen molar-refractivity contribution < 1.29 is 19.4 Å². The van der Waals surface area contributed by atoms with Crippen molar-refractivity contribution in [3.63, 3.8) is 0 Å². The van der Waals surface area contributed by atoms with Gasteiger partial charge in [0.05, 0.1) is 23.1 Å². The van der Waals surface area contributed by atoms with Crippen molar-refractivity contribution >= 4 is 12.1 Å². The number of hydrogen-bond donors (Lipinski definition) is 1. The topological polar surface area (TPSA) is 92.6 Å². The quantitative estimate of drug-likeness (QED) is 0.814. The number of likely N-dealkylation sites (tertiary alicyclic amines) is 1. The summed E-state index contributed by atoms with van der Waals surface area (Å²) in [5.74, 6) is -0.970. The Balaban J connectivity index is 1.61. The smallest absolute Gasteiger partial charge is 0.410 e. The maximum Gasteiger partial charge on any atom is 0.410 e. The van der Waals surface area contributed by atoms with E-state index in [1.165, 1.54) is 0 Å². The zero-order chi connectivity index (χ0) is 21.0. The van der Waals surface area contributed by atoms with Crippen molar-refractivity contribution in [1.29, 1.82) is 0 Å². The molecule has 2 aromatic rings. The van der Waals surface area contributed by atoms with Crippen LogP contribution in [-0.4, -0.2) is 50.2 Å². The Morgan fingerprint density at radius 2 is 2.03 bits per heavy atom. The summed E-state index contributed by atoms with van der Waals surface area (Å²) in [7, 11) is 0. The van der Waals surface area contributed by atoms with Gasteiger partial charge in [0.25, 0.3) is 0 Å². The predicted octanol–water partition coefficient (Wildman–Crippen LogP) is 4.17. The van der Waals surface area contributed by atoms with Crippen molar-refractivity contribution in [2.45, 2.75) is 58.1 Å². The van der Waals surface area contributed by atoms with Crippen LogP contribution < -0.4 is 0 Å². The van der Waals surface area contributed by atoms with Gasteiger partial charge in [-0.05, 0) is 58.6 Å². The van der Waals surface area contributed by atoms with E-state index >= 15 is 0 Å². The molecule has 1 aromatic heterocycles. The third kappa shape index (κ3) is 5.53. The number of amides is 1. The van der Waals surface area contributed by atoms with Crippen molar-refractivity contribution in [2.75, 3.05) is 6.54 Å². The highest BCUT2D eigenvalue weighted by molar-refractivity contribution is 5.89. The van der Waals surface area contributed by atoms with Gasteiger partial charge in [-0.15, -0.1) is 0 Å². The molecule has 0 aliphatic carbocycles. The Morgan fingerprint density at radius 3 is 2.69 bits per heavy atom. The number of ether oxygens (including phenoxy) is 1. The standard InChI is InChI=1S/C22H27N3O4/c1-22(2,3)29-21(28)25-11-5-8-18(25)10-9-17-13-24-19(14-23-17)15-6-4-7-16(12-15)20(26)27/h4,6-7,12-14,18H,5,8-11H2,1-3H3,(H,26,27). The van der Waals surface area contributed by atoms with E-state index in [2.05, 4.69) is 9.97 Å². The van der Waals surface area contributed by atoms with Gasteiger partial charge in [0.1, 0.15) is 5.60 Å². The number of rotatable bonds is 5. The van der Waals surface area contributed by atoms with Crippen LogP contribution in [0.5, 0.6) is 0 Å². The van der Waals surface area contributed by atoms with E-state index in [0.29, 0.717) is 12.1 Å². The fraction of sp³-hybridized carbons (Fsp3) is 0.455. The van der Waals surface area contributed by atoms with E-state index in [1.54, 1.807) is 30.6 Å². The van der Waals surface area contributed by atoms with E-state index in [0.717, 1.165) is 37.1 Å². The summed E-state index contributed by atoms with van der Waals surface area (Å²) in [6.45, 7) is 6.35. The second-order valence-electron chi connectivity index (χ2n) is 8.29. The maximum absolute atomic E-state index is 12.4. The lowest BCUT2D eigenvalue weighted by Gasteiger charge is -2.28. The minimum Gasteiger partial charge on any atom is -0.478 e. The summed E-state index contributed by atoms with van der Waals surface area (Å²) in [4.78, 5) is 34.3. The summed E-state index contributed by atoms with van der Waals surface area (Å²) in [5.41, 5.74) is 1.92. The Morgan fingerprint density at radius 1 is 1.24 bits per heavy atom. The van der Waals surface area contributed by atoms with Gasteiger partial charge in [-0.25, -0.2) is 9.59 Å². The lowest BCUT2D eigenvalue weighted by Crippen LogP contribution is -2.40. The lowest BCUT2D eigenvalue weighted by molar-refractivity contribution is 0.0220. The van der Waals surface area contributed by atoms with Crippen LogP contribution in [0.4, 0.5) is 4.79 Å². The number of aromatic nitrogens is 2. The normalized spacial score (nSPS) is 16.7. The number of aromatic carboxylic acids is 1. The number of carboxylic acids is 1. The summed E-state index contributed by atoms with van der Waals surface area (Å²) in [6, 6.07) is 6.79. The molecule has 0 radical (unpaired) electrons. The average molecular weight is 397 g/mol. The molecule has 0 spiro atoms. The van der Waals surface area contributed by atoms with Gasteiger partial charge < -0.3 is 14.7 Å². The first kappa shape index (κ1) is 20.8. The molecule has 0 saturated carbocycles. The summed E-state index contributed by atoms with van der Waals surface area (Å²) >= 11 is 0. The molecule has 7 heteroatoms. The molecule has 3 rings (SSSR count). The lowest BCUT2D eigenvalue weighted by atomic mass is 10.1. The molecule has 1 atom stereocenters. The maximum atomic E-state index is 12.4. The molecule has 1 unspecified atom stereocenters. The van der Waals surface area contributed by atoms with E-state index in [4.69, 9.17) is 9.84 Å². The van der Waals surface area contributed by atoms with Crippen LogP contribution in [-0.2, 0) is 11.2 Å². The zero-order valence-electron chi connectivity index (χ0n) is 17.1. The second-order valence-corrected chi connectivity index (χ2v) is 8.29. The van der Waals surface area contributed by atoms with Crippen LogP contribution in [0.3, 0.4) is 0 Å². The summed E-state index contributed by atoms with van der Waals surface area (Å²) < 4.78 is 5.51. The first-order valence-electron chi connectivity index (χ1n) is 9.87. The molecular weight excluding hydrogens is 370 g/mol. The number of nitrogens with zero attached hydrogens (tertiary/aromatic N) is 3. The van der Waals surface area contributed by atoms with Crippen LogP contribution in [0.1, 0.15) is 56.1 Å². The molecule has 1 saturated heterocycles. The first-order valence-corrected chi connectivity index (χ1v) is 9.87. The van der Waals surface area contributed by atoms with Gasteiger partial charge in [0.2, 0.25) is 0 Å². The van der Waals surface area contributed by atoms with Crippen LogP contribution in [0.2, 0.25) is 0 Å². The van der Waals surface area contributed by atoms with Gasteiger partial charge >= 0.3 is 12.1 Å². The molecule has 1 N–H and O–H groups in total. The second kappa shape index (κ2) is 8.59. The molecule has 2 heterocycles. The zero-order valence-corrected chi connectivity index (χ0v) is 17.1. The fourth-order valence-electron chi connectivity index (χ4n) is 3.46. The molecule has 1 aliphatic heterocycles. The van der Waals surface area contributed by atoms with Gasteiger partial charge in [0.15, 0.2) is 0 Å². The van der Waals surface area contributed by atoms with Crippen molar-refractivity contribution in [2.24, 2.45) is 0 Å². The first-order chi connectivity index (χ1) is 13.7. The van der Waals surface area contributed by atoms with Crippen LogP contribution >= 0.6 is 0 Å². The molecule has 0 bridgehead atoms.